The quantitative estimate of drug-likeness (QED) is 0.314. The summed E-state index contributed by atoms with van der Waals surface area (Å²) in [5, 5.41) is 0.302. The molecular weight excluding hydrogens is 529 g/mol. The molecule has 2 aromatic rings. The molecule has 0 aliphatic carbocycles. The number of benzene rings is 2. The van der Waals surface area contributed by atoms with Crippen molar-refractivity contribution in [1.29, 1.82) is 0 Å². The van der Waals surface area contributed by atoms with Gasteiger partial charge in [-0.2, -0.15) is 0 Å². The van der Waals surface area contributed by atoms with Gasteiger partial charge in [-0.05, 0) is 107 Å². The fourth-order valence-corrected chi connectivity index (χ4v) is 6.94. The van der Waals surface area contributed by atoms with Crippen molar-refractivity contribution in [3.8, 4) is 11.5 Å². The summed E-state index contributed by atoms with van der Waals surface area (Å²) in [4.78, 5) is 2.59. The minimum atomic E-state index is -1.96. The third-order valence-electron chi connectivity index (χ3n) is 8.73. The Hall–Kier alpha value is -1.18. The van der Waals surface area contributed by atoms with Crippen LogP contribution in [0.2, 0.25) is 36.3 Å². The predicted octanol–water partition coefficient (Wildman–Crippen LogP) is 11.8. The Morgan fingerprint density at radius 2 is 0.795 bits per heavy atom. The van der Waals surface area contributed by atoms with E-state index < -0.39 is 16.6 Å². The Kier molecular flexibility index (Phi) is 9.52. The van der Waals surface area contributed by atoms with Crippen molar-refractivity contribution in [2.24, 2.45) is 0 Å². The topological polar surface area (TPSA) is 18.5 Å². The molecule has 0 radical (unpaired) electrons. The summed E-state index contributed by atoms with van der Waals surface area (Å²) in [6.07, 6.45) is 0. The third-order valence-corrected chi connectivity index (χ3v) is 18.7. The van der Waals surface area contributed by atoms with E-state index in [1.165, 1.54) is 32.0 Å². The Balaban J connectivity index is 2.64. The lowest BCUT2D eigenvalue weighted by molar-refractivity contribution is 0.467. The first-order valence-corrected chi connectivity index (χ1v) is 21.2. The number of aryl methyl sites for hydroxylation is 2. The van der Waals surface area contributed by atoms with E-state index in [0.717, 1.165) is 11.5 Å². The van der Waals surface area contributed by atoms with E-state index in [4.69, 9.17) is 8.85 Å². The number of hydrogen-bond donors (Lipinski definition) is 0. The van der Waals surface area contributed by atoms with E-state index in [2.05, 4.69) is 147 Å². The highest BCUT2D eigenvalue weighted by Gasteiger charge is 2.41. The molecule has 0 heterocycles. The molecule has 0 aromatic heterocycles. The van der Waals surface area contributed by atoms with Crippen molar-refractivity contribution in [3.63, 3.8) is 0 Å². The molecule has 0 atom stereocenters. The van der Waals surface area contributed by atoms with Gasteiger partial charge in [-0.15, -0.1) is 0 Å². The molecule has 2 nitrogen and oxygen atoms in total. The van der Waals surface area contributed by atoms with E-state index in [-0.39, 0.29) is 20.9 Å². The maximum absolute atomic E-state index is 6.90. The van der Waals surface area contributed by atoms with Crippen LogP contribution in [0.1, 0.15) is 105 Å². The fraction of sp³-hybridized carbons (Fsp3) is 0.647. The first-order chi connectivity index (χ1) is 17.2. The number of rotatable bonds is 6. The van der Waals surface area contributed by atoms with Gasteiger partial charge in [0.05, 0.1) is 0 Å². The molecule has 0 spiro atoms. The zero-order valence-electron chi connectivity index (χ0n) is 28.5. The van der Waals surface area contributed by atoms with Crippen LogP contribution in [0.3, 0.4) is 0 Å². The lowest BCUT2D eigenvalue weighted by Crippen LogP contribution is -2.44. The van der Waals surface area contributed by atoms with Gasteiger partial charge < -0.3 is 8.85 Å². The van der Waals surface area contributed by atoms with Gasteiger partial charge >= 0.3 is 0 Å². The van der Waals surface area contributed by atoms with Crippen LogP contribution in [-0.4, -0.2) is 16.6 Å². The van der Waals surface area contributed by atoms with Gasteiger partial charge in [0.2, 0.25) is 16.6 Å². The average molecular weight is 587 g/mol. The van der Waals surface area contributed by atoms with Crippen molar-refractivity contribution in [2.45, 2.75) is 154 Å². The van der Waals surface area contributed by atoms with Crippen molar-refractivity contribution >= 4 is 28.4 Å². The molecular formula is C34H58O2SSi2. The largest absolute Gasteiger partial charge is 0.543 e. The molecule has 0 bridgehead atoms. The monoisotopic (exact) mass is 586 g/mol. The van der Waals surface area contributed by atoms with Crippen LogP contribution >= 0.6 is 11.8 Å². The standard InChI is InChI=1S/C34H58O2SSi2/c1-23-19-27(35-38(15,16)33(9,10)11)25(31(3,4)5)21-29(23)37-30-22-26(32(6,7)8)28(20-24(30)2)36-39(17,18)34(12,13)14/h19-22H,1-18H3. The predicted molar refractivity (Wildman–Crippen MR) is 180 cm³/mol. The molecule has 0 saturated carbocycles. The molecule has 5 heteroatoms. The summed E-state index contributed by atoms with van der Waals surface area (Å²) < 4.78 is 13.8. The van der Waals surface area contributed by atoms with Gasteiger partial charge in [0, 0.05) is 9.79 Å². The van der Waals surface area contributed by atoms with Crippen molar-refractivity contribution < 1.29 is 8.85 Å². The van der Waals surface area contributed by atoms with Crippen molar-refractivity contribution in [1.82, 2.24) is 0 Å². The highest BCUT2D eigenvalue weighted by Crippen LogP contribution is 2.46. The van der Waals surface area contributed by atoms with Crippen molar-refractivity contribution in [3.05, 3.63) is 46.5 Å². The van der Waals surface area contributed by atoms with Crippen LogP contribution in [0.5, 0.6) is 11.5 Å². The molecule has 39 heavy (non-hydrogen) atoms. The van der Waals surface area contributed by atoms with E-state index in [1.807, 2.05) is 11.8 Å². The van der Waals surface area contributed by atoms with Gasteiger partial charge in [0.25, 0.3) is 0 Å². The summed E-state index contributed by atoms with van der Waals surface area (Å²) in [7, 11) is -3.93. The molecule has 2 aromatic carbocycles. The fourth-order valence-electron chi connectivity index (χ4n) is 3.86. The molecule has 0 aliphatic rings. The van der Waals surface area contributed by atoms with Crippen molar-refractivity contribution in [2.75, 3.05) is 0 Å². The summed E-state index contributed by atoms with van der Waals surface area (Å²) in [5.74, 6) is 2.11. The van der Waals surface area contributed by atoms with Crippen LogP contribution in [-0.2, 0) is 10.8 Å². The molecule has 220 valence electrons. The smallest absolute Gasteiger partial charge is 0.250 e. The zero-order valence-corrected chi connectivity index (χ0v) is 31.4. The Bertz CT molecular complexity index is 1090. The summed E-state index contributed by atoms with van der Waals surface area (Å²) >= 11 is 1.88. The lowest BCUT2D eigenvalue weighted by atomic mass is 9.86. The minimum absolute atomic E-state index is 0.0206. The maximum Gasteiger partial charge on any atom is 0.250 e. The average Bonchev–Trinajstić information content (AvgIpc) is 2.67. The summed E-state index contributed by atoms with van der Waals surface area (Å²) in [6.45, 7) is 41.4. The molecule has 0 amide bonds. The molecule has 0 fully saturated rings. The van der Waals surface area contributed by atoms with Gasteiger partial charge in [-0.25, -0.2) is 0 Å². The van der Waals surface area contributed by atoms with Crippen LogP contribution < -0.4 is 8.85 Å². The highest BCUT2D eigenvalue weighted by molar-refractivity contribution is 7.99. The van der Waals surface area contributed by atoms with Gasteiger partial charge in [0.15, 0.2) is 0 Å². The van der Waals surface area contributed by atoms with Gasteiger partial charge in [-0.3, -0.25) is 0 Å². The SMILES string of the molecule is Cc1cc(O[Si](C)(C)C(C)(C)C)c(C(C)(C)C)cc1Sc1cc(C(C)(C)C)c(O[Si](C)(C)C(C)(C)C)cc1C. The second kappa shape index (κ2) is 10.9. The third kappa shape index (κ3) is 7.98. The van der Waals surface area contributed by atoms with Crippen LogP contribution in [0.15, 0.2) is 34.1 Å². The van der Waals surface area contributed by atoms with Crippen LogP contribution in [0.25, 0.3) is 0 Å². The normalized spacial score (nSPS) is 14.0. The Morgan fingerprint density at radius 1 is 0.513 bits per heavy atom. The minimum Gasteiger partial charge on any atom is -0.543 e. The second-order valence-electron chi connectivity index (χ2n) is 16.6. The van der Waals surface area contributed by atoms with E-state index in [9.17, 15) is 0 Å². The first kappa shape index (κ1) is 34.0. The maximum atomic E-state index is 6.90. The Labute approximate surface area is 248 Å². The lowest BCUT2D eigenvalue weighted by Gasteiger charge is -2.38. The van der Waals surface area contributed by atoms with Gasteiger partial charge in [0.1, 0.15) is 11.5 Å². The number of hydrogen-bond acceptors (Lipinski definition) is 3. The highest BCUT2D eigenvalue weighted by atomic mass is 32.2. The van der Waals surface area contributed by atoms with E-state index >= 15 is 0 Å². The molecule has 0 unspecified atom stereocenters. The van der Waals surface area contributed by atoms with Gasteiger partial charge in [-0.1, -0.05) is 94.8 Å². The summed E-state index contributed by atoms with van der Waals surface area (Å²) in [6, 6.07) is 9.36. The van der Waals surface area contributed by atoms with Crippen LogP contribution in [0, 0.1) is 13.8 Å². The second-order valence-corrected chi connectivity index (χ2v) is 27.1. The van der Waals surface area contributed by atoms with Crippen LogP contribution in [0.4, 0.5) is 0 Å². The van der Waals surface area contributed by atoms with E-state index in [0.29, 0.717) is 0 Å². The molecule has 0 saturated heterocycles. The zero-order chi connectivity index (χ0) is 30.6. The van der Waals surface area contributed by atoms with E-state index in [1.54, 1.807) is 0 Å². The molecule has 0 N–H and O–H groups in total. The first-order valence-electron chi connectivity index (χ1n) is 14.5. The Morgan fingerprint density at radius 3 is 1.03 bits per heavy atom. The molecule has 0 aliphatic heterocycles. The summed E-state index contributed by atoms with van der Waals surface area (Å²) in [5.41, 5.74) is 5.06. The molecule has 2 rings (SSSR count).